The monoisotopic (exact) mass is 474 g/mol. The van der Waals surface area contributed by atoms with Crippen LogP contribution < -0.4 is 15.6 Å². The van der Waals surface area contributed by atoms with Crippen molar-refractivity contribution in [2.24, 2.45) is 0 Å². The number of carbonyl (C=O) groups is 2. The van der Waals surface area contributed by atoms with Gasteiger partial charge in [-0.3, -0.25) is 14.4 Å². The summed E-state index contributed by atoms with van der Waals surface area (Å²) in [6.45, 7) is 1.50. The number of sulfone groups is 1. The van der Waals surface area contributed by atoms with Crippen molar-refractivity contribution in [1.29, 1.82) is 0 Å². The lowest BCUT2D eigenvalue weighted by molar-refractivity contribution is -0.131. The van der Waals surface area contributed by atoms with Crippen LogP contribution in [0.1, 0.15) is 60.6 Å². The number of rotatable bonds is 7. The van der Waals surface area contributed by atoms with E-state index in [4.69, 9.17) is 4.74 Å². The Morgan fingerprint density at radius 1 is 1.09 bits per heavy atom. The van der Waals surface area contributed by atoms with Crippen LogP contribution in [0.25, 0.3) is 0 Å². The Morgan fingerprint density at radius 3 is 2.48 bits per heavy atom. The van der Waals surface area contributed by atoms with Crippen molar-refractivity contribution in [3.05, 3.63) is 57.5 Å². The van der Waals surface area contributed by atoms with Crippen molar-refractivity contribution in [3.8, 4) is 5.75 Å². The highest BCUT2D eigenvalue weighted by Crippen LogP contribution is 2.25. The average molecular weight is 475 g/mol. The normalized spacial score (nSPS) is 14.0. The van der Waals surface area contributed by atoms with E-state index in [-0.39, 0.29) is 29.3 Å². The van der Waals surface area contributed by atoms with E-state index in [0.29, 0.717) is 6.42 Å². The Morgan fingerprint density at radius 2 is 1.79 bits per heavy atom. The fraction of sp³-hybridized carbons (Fsp3) is 0.458. The van der Waals surface area contributed by atoms with Gasteiger partial charge in [-0.15, -0.1) is 0 Å². The van der Waals surface area contributed by atoms with E-state index in [1.165, 1.54) is 13.2 Å². The number of ether oxygens (including phenoxy) is 1. The molecule has 1 amide bonds. The summed E-state index contributed by atoms with van der Waals surface area (Å²) in [4.78, 5) is 37.9. The van der Waals surface area contributed by atoms with Crippen LogP contribution in [0.4, 0.5) is 5.69 Å². The molecule has 0 fully saturated rings. The zero-order chi connectivity index (χ0) is 24.0. The van der Waals surface area contributed by atoms with Gasteiger partial charge in [-0.2, -0.15) is 0 Å². The maximum atomic E-state index is 13.4. The second-order valence-corrected chi connectivity index (χ2v) is 10.7. The summed E-state index contributed by atoms with van der Waals surface area (Å²) in [6, 6.07) is 8.18. The maximum Gasteiger partial charge on any atom is 0.308 e. The molecule has 0 aliphatic heterocycles. The molecule has 0 atom stereocenters. The van der Waals surface area contributed by atoms with Crippen molar-refractivity contribution in [2.75, 3.05) is 17.3 Å². The largest absolute Gasteiger partial charge is 0.424 e. The first-order valence-corrected chi connectivity index (χ1v) is 13.2. The minimum Gasteiger partial charge on any atom is -0.424 e. The van der Waals surface area contributed by atoms with Gasteiger partial charge in [0.15, 0.2) is 5.75 Å². The third-order valence-electron chi connectivity index (χ3n) is 5.63. The minimum absolute atomic E-state index is 0.00805. The van der Waals surface area contributed by atoms with Gasteiger partial charge in [-0.25, -0.2) is 8.42 Å². The van der Waals surface area contributed by atoms with Gasteiger partial charge in [-0.05, 0) is 55.9 Å². The average Bonchev–Trinajstić information content (AvgIpc) is 2.70. The molecule has 1 N–H and O–H groups in total. The molecule has 2 aromatic rings. The van der Waals surface area contributed by atoms with E-state index >= 15 is 0 Å². The van der Waals surface area contributed by atoms with Crippen molar-refractivity contribution >= 4 is 27.4 Å². The molecule has 1 heterocycles. The summed E-state index contributed by atoms with van der Waals surface area (Å²) in [7, 11) is -3.16. The van der Waals surface area contributed by atoms with Gasteiger partial charge in [-0.1, -0.05) is 25.0 Å². The minimum atomic E-state index is -3.16. The van der Waals surface area contributed by atoms with E-state index in [1.54, 1.807) is 34.9 Å². The second-order valence-electron chi connectivity index (χ2n) is 8.43. The van der Waals surface area contributed by atoms with Gasteiger partial charge in [0, 0.05) is 25.4 Å². The molecular formula is C24H30N2O6S. The Bertz CT molecular complexity index is 1200. The summed E-state index contributed by atoms with van der Waals surface area (Å²) in [5.41, 5.74) is 1.68. The number of nitrogens with zero attached hydrogens (tertiary/aromatic N) is 1. The lowest BCUT2D eigenvalue weighted by Crippen LogP contribution is -2.33. The molecule has 3 rings (SSSR count). The van der Waals surface area contributed by atoms with E-state index in [2.05, 4.69) is 5.32 Å². The quantitative estimate of drug-likeness (QED) is 0.488. The molecule has 1 aromatic heterocycles. The Hall–Kier alpha value is -2.94. The fourth-order valence-electron chi connectivity index (χ4n) is 4.12. The Kier molecular flexibility index (Phi) is 8.07. The van der Waals surface area contributed by atoms with Gasteiger partial charge < -0.3 is 14.6 Å². The smallest absolute Gasteiger partial charge is 0.308 e. The van der Waals surface area contributed by atoms with Gasteiger partial charge in [0.1, 0.15) is 15.4 Å². The van der Waals surface area contributed by atoms with Gasteiger partial charge in [0.05, 0.1) is 11.4 Å². The molecule has 1 aromatic carbocycles. The number of benzene rings is 1. The molecule has 0 unspecified atom stereocenters. The molecule has 8 nitrogen and oxygen atoms in total. The number of fused-ring (bicyclic) bond motifs is 1. The standard InChI is InChI=1S/C24H30N2O6S/c1-17(27)32-22-13-8-7-11-20(22)25-23(28)19-16-18-10-5-3-4-6-12-21(18)26(24(19)29)14-9-15-33(2,30)31/h7-8,11,13,16H,3-6,9-10,12,14-15H2,1-2H3,(H,25,28). The van der Waals surface area contributed by atoms with E-state index in [0.717, 1.165) is 49.8 Å². The third-order valence-corrected chi connectivity index (χ3v) is 6.66. The Balaban J connectivity index is 1.98. The van der Waals surface area contributed by atoms with Crippen molar-refractivity contribution in [3.63, 3.8) is 0 Å². The molecule has 0 saturated carbocycles. The number of nitrogens with one attached hydrogen (secondary N) is 1. The highest BCUT2D eigenvalue weighted by molar-refractivity contribution is 7.90. The van der Waals surface area contributed by atoms with Gasteiger partial charge in [0.25, 0.3) is 11.5 Å². The lowest BCUT2D eigenvalue weighted by atomic mass is 9.95. The fourth-order valence-corrected chi connectivity index (χ4v) is 4.77. The summed E-state index contributed by atoms with van der Waals surface area (Å²) >= 11 is 0. The van der Waals surface area contributed by atoms with E-state index in [1.807, 2.05) is 0 Å². The summed E-state index contributed by atoms with van der Waals surface area (Å²) in [5.74, 6) is -0.953. The van der Waals surface area contributed by atoms with Crippen LogP contribution in [-0.4, -0.2) is 36.9 Å². The molecule has 0 saturated heterocycles. The predicted molar refractivity (Wildman–Crippen MR) is 127 cm³/mol. The number of anilines is 1. The highest BCUT2D eigenvalue weighted by Gasteiger charge is 2.21. The maximum absolute atomic E-state index is 13.4. The van der Waals surface area contributed by atoms with Crippen molar-refractivity contribution in [2.45, 2.75) is 58.4 Å². The number of carbonyl (C=O) groups excluding carboxylic acids is 2. The molecule has 0 bridgehead atoms. The molecule has 33 heavy (non-hydrogen) atoms. The van der Waals surface area contributed by atoms with Gasteiger partial charge >= 0.3 is 5.97 Å². The number of esters is 1. The summed E-state index contributed by atoms with van der Waals surface area (Å²) in [6.07, 6.45) is 7.02. The first-order chi connectivity index (χ1) is 15.7. The van der Waals surface area contributed by atoms with Gasteiger partial charge in [0.2, 0.25) is 0 Å². The number of para-hydroxylation sites is 2. The number of aryl methyl sites for hydroxylation is 1. The molecule has 1 aliphatic carbocycles. The first kappa shape index (κ1) is 24.7. The molecule has 0 radical (unpaired) electrons. The Labute approximate surface area is 193 Å². The highest BCUT2D eigenvalue weighted by atomic mass is 32.2. The SMILES string of the molecule is CC(=O)Oc1ccccc1NC(=O)c1cc2c(n(CCCS(C)(=O)=O)c1=O)CCCCCC2. The van der Waals surface area contributed by atoms with Crippen LogP contribution >= 0.6 is 0 Å². The number of hydrogen-bond donors (Lipinski definition) is 1. The van der Waals surface area contributed by atoms with Crippen LogP contribution in [0.5, 0.6) is 5.75 Å². The topological polar surface area (TPSA) is 112 Å². The summed E-state index contributed by atoms with van der Waals surface area (Å²) < 4.78 is 29.9. The van der Waals surface area contributed by atoms with Crippen LogP contribution in [0.15, 0.2) is 35.1 Å². The van der Waals surface area contributed by atoms with E-state index < -0.39 is 27.3 Å². The molecular weight excluding hydrogens is 444 g/mol. The third kappa shape index (κ3) is 6.77. The first-order valence-electron chi connectivity index (χ1n) is 11.2. The van der Waals surface area contributed by atoms with Crippen LogP contribution in [0.3, 0.4) is 0 Å². The second kappa shape index (κ2) is 10.8. The van der Waals surface area contributed by atoms with Crippen LogP contribution in [-0.2, 0) is 34.0 Å². The number of pyridine rings is 1. The molecule has 0 spiro atoms. The van der Waals surface area contributed by atoms with Crippen LogP contribution in [0.2, 0.25) is 0 Å². The zero-order valence-corrected chi connectivity index (χ0v) is 19.9. The van der Waals surface area contributed by atoms with E-state index in [9.17, 15) is 22.8 Å². The lowest BCUT2D eigenvalue weighted by Gasteiger charge is -2.21. The number of hydrogen-bond acceptors (Lipinski definition) is 6. The predicted octanol–water partition coefficient (Wildman–Crippen LogP) is 3.12. The molecule has 178 valence electrons. The number of aromatic nitrogens is 1. The summed E-state index contributed by atoms with van der Waals surface area (Å²) in [5, 5.41) is 2.69. The van der Waals surface area contributed by atoms with Crippen LogP contribution in [0, 0.1) is 0 Å². The number of amides is 1. The molecule has 1 aliphatic rings. The zero-order valence-electron chi connectivity index (χ0n) is 19.1. The van der Waals surface area contributed by atoms with Crippen molar-refractivity contribution in [1.82, 2.24) is 4.57 Å². The molecule has 9 heteroatoms. The van der Waals surface area contributed by atoms with Crippen molar-refractivity contribution < 1.29 is 22.7 Å².